The van der Waals surface area contributed by atoms with Gasteiger partial charge in [0.05, 0.1) is 0 Å². The lowest BCUT2D eigenvalue weighted by molar-refractivity contribution is 0.0954. The number of nitrogens with zero attached hydrogens (tertiary/aromatic N) is 2. The first-order chi connectivity index (χ1) is 12.6. The molecule has 0 fully saturated rings. The first-order valence-corrected chi connectivity index (χ1v) is 9.32. The summed E-state index contributed by atoms with van der Waals surface area (Å²) in [5.41, 5.74) is 2.77. The third kappa shape index (κ3) is 4.95. The molecule has 0 atom stereocenters. The van der Waals surface area contributed by atoms with Crippen LogP contribution in [0.2, 0.25) is 0 Å². The maximum Gasteiger partial charge on any atom is 0.251 e. The minimum absolute atomic E-state index is 0.101. The number of carbonyl (C=O) groups is 1. The third-order valence-corrected chi connectivity index (χ3v) is 5.10. The summed E-state index contributed by atoms with van der Waals surface area (Å²) in [5, 5.41) is 3.86. The number of carbonyl (C=O) groups excluding carboxylic acids is 1. The standard InChI is InChI=1S/C20H20FN3OS/c1-24-13-12-23-20(24)26-14-16-2-6-17(7-3-16)19(25)22-11-10-15-4-8-18(21)9-5-15/h2-9,12-13H,10-11,14H2,1H3,(H,22,25). The van der Waals surface area contributed by atoms with Gasteiger partial charge in [0.2, 0.25) is 0 Å². The van der Waals surface area contributed by atoms with Crippen LogP contribution in [0.5, 0.6) is 0 Å². The van der Waals surface area contributed by atoms with Gasteiger partial charge in [-0.3, -0.25) is 4.79 Å². The number of hydrogen-bond acceptors (Lipinski definition) is 3. The zero-order valence-corrected chi connectivity index (χ0v) is 15.3. The Morgan fingerprint density at radius 2 is 1.81 bits per heavy atom. The highest BCUT2D eigenvalue weighted by molar-refractivity contribution is 7.98. The van der Waals surface area contributed by atoms with E-state index in [1.54, 1.807) is 30.1 Å². The van der Waals surface area contributed by atoms with E-state index in [9.17, 15) is 9.18 Å². The summed E-state index contributed by atoms with van der Waals surface area (Å²) in [5.74, 6) is 0.450. The normalized spacial score (nSPS) is 10.7. The summed E-state index contributed by atoms with van der Waals surface area (Å²) in [6.45, 7) is 0.515. The number of aromatic nitrogens is 2. The molecule has 0 bridgehead atoms. The molecule has 26 heavy (non-hydrogen) atoms. The van der Waals surface area contributed by atoms with Gasteiger partial charge in [0.1, 0.15) is 5.82 Å². The molecule has 4 nitrogen and oxygen atoms in total. The highest BCUT2D eigenvalue weighted by Crippen LogP contribution is 2.20. The van der Waals surface area contributed by atoms with Crippen molar-refractivity contribution in [3.05, 3.63) is 83.4 Å². The van der Waals surface area contributed by atoms with Gasteiger partial charge >= 0.3 is 0 Å². The maximum atomic E-state index is 12.9. The second-order valence-electron chi connectivity index (χ2n) is 5.94. The van der Waals surface area contributed by atoms with E-state index in [2.05, 4.69) is 10.3 Å². The van der Waals surface area contributed by atoms with E-state index < -0.39 is 0 Å². The average molecular weight is 369 g/mol. The van der Waals surface area contributed by atoms with Crippen molar-refractivity contribution in [2.24, 2.45) is 7.05 Å². The molecule has 0 radical (unpaired) electrons. The number of amides is 1. The molecule has 1 heterocycles. The zero-order valence-electron chi connectivity index (χ0n) is 14.5. The summed E-state index contributed by atoms with van der Waals surface area (Å²) in [7, 11) is 1.97. The molecular weight excluding hydrogens is 349 g/mol. The third-order valence-electron chi connectivity index (χ3n) is 3.97. The summed E-state index contributed by atoms with van der Waals surface area (Å²) >= 11 is 1.66. The summed E-state index contributed by atoms with van der Waals surface area (Å²) < 4.78 is 14.8. The van der Waals surface area contributed by atoms with Gasteiger partial charge in [-0.2, -0.15) is 0 Å². The fraction of sp³-hybridized carbons (Fsp3) is 0.200. The Kier molecular flexibility index (Phi) is 6.07. The number of aryl methyl sites for hydroxylation is 1. The maximum absolute atomic E-state index is 12.9. The largest absolute Gasteiger partial charge is 0.352 e. The Morgan fingerprint density at radius 3 is 2.46 bits per heavy atom. The predicted molar refractivity (Wildman–Crippen MR) is 102 cm³/mol. The van der Waals surface area contributed by atoms with Crippen LogP contribution in [0.25, 0.3) is 0 Å². The lowest BCUT2D eigenvalue weighted by atomic mass is 10.1. The van der Waals surface area contributed by atoms with Crippen LogP contribution in [0.1, 0.15) is 21.5 Å². The molecule has 0 aliphatic rings. The van der Waals surface area contributed by atoms with Crippen molar-refractivity contribution < 1.29 is 9.18 Å². The van der Waals surface area contributed by atoms with Crippen molar-refractivity contribution in [1.82, 2.24) is 14.9 Å². The number of rotatable bonds is 7. The molecule has 6 heteroatoms. The fourth-order valence-corrected chi connectivity index (χ4v) is 3.35. The molecule has 134 valence electrons. The predicted octanol–water partition coefficient (Wildman–Crippen LogP) is 3.82. The Bertz CT molecular complexity index is 860. The molecule has 0 spiro atoms. The smallest absolute Gasteiger partial charge is 0.251 e. The van der Waals surface area contributed by atoms with Gasteiger partial charge in [-0.05, 0) is 41.8 Å². The molecule has 1 amide bonds. The van der Waals surface area contributed by atoms with Gasteiger partial charge in [0.15, 0.2) is 5.16 Å². The van der Waals surface area contributed by atoms with Gasteiger partial charge < -0.3 is 9.88 Å². The molecule has 0 aliphatic carbocycles. The molecule has 1 aromatic heterocycles. The van der Waals surface area contributed by atoms with Gasteiger partial charge in [0.25, 0.3) is 5.91 Å². The van der Waals surface area contributed by atoms with Crippen molar-refractivity contribution in [2.75, 3.05) is 6.54 Å². The first-order valence-electron chi connectivity index (χ1n) is 8.33. The Balaban J connectivity index is 1.47. The van der Waals surface area contributed by atoms with E-state index in [0.717, 1.165) is 22.0 Å². The Hall–Kier alpha value is -2.60. The summed E-state index contributed by atoms with van der Waals surface area (Å²) in [4.78, 5) is 16.5. The van der Waals surface area contributed by atoms with Crippen LogP contribution in [0.3, 0.4) is 0 Å². The Morgan fingerprint density at radius 1 is 1.12 bits per heavy atom. The van der Waals surface area contributed by atoms with Crippen LogP contribution in [0, 0.1) is 5.82 Å². The average Bonchev–Trinajstić information content (AvgIpc) is 3.07. The number of nitrogens with one attached hydrogen (secondary N) is 1. The van der Waals surface area contributed by atoms with Crippen molar-refractivity contribution >= 4 is 17.7 Å². The molecule has 0 saturated carbocycles. The lowest BCUT2D eigenvalue weighted by Crippen LogP contribution is -2.25. The lowest BCUT2D eigenvalue weighted by Gasteiger charge is -2.07. The minimum atomic E-state index is -0.251. The van der Waals surface area contributed by atoms with Gasteiger partial charge in [-0.25, -0.2) is 9.37 Å². The van der Waals surface area contributed by atoms with Crippen LogP contribution in [0.4, 0.5) is 4.39 Å². The topological polar surface area (TPSA) is 46.9 Å². The molecule has 3 aromatic rings. The second-order valence-corrected chi connectivity index (χ2v) is 6.88. The van der Waals surface area contributed by atoms with Crippen molar-refractivity contribution in [3.8, 4) is 0 Å². The first kappa shape index (κ1) is 18.2. The molecule has 0 aliphatic heterocycles. The van der Waals surface area contributed by atoms with E-state index in [1.807, 2.05) is 42.1 Å². The molecular formula is C20H20FN3OS. The van der Waals surface area contributed by atoms with Gasteiger partial charge in [-0.15, -0.1) is 0 Å². The van der Waals surface area contributed by atoms with Crippen molar-refractivity contribution in [3.63, 3.8) is 0 Å². The minimum Gasteiger partial charge on any atom is -0.352 e. The van der Waals surface area contributed by atoms with Gasteiger partial charge in [0, 0.05) is 37.3 Å². The highest BCUT2D eigenvalue weighted by Gasteiger charge is 2.06. The summed E-state index contributed by atoms with van der Waals surface area (Å²) in [6.07, 6.45) is 4.37. The van der Waals surface area contributed by atoms with Crippen LogP contribution < -0.4 is 5.32 Å². The van der Waals surface area contributed by atoms with Crippen molar-refractivity contribution in [1.29, 1.82) is 0 Å². The number of halogens is 1. The van der Waals surface area contributed by atoms with E-state index in [-0.39, 0.29) is 11.7 Å². The number of thioether (sulfide) groups is 1. The van der Waals surface area contributed by atoms with E-state index >= 15 is 0 Å². The summed E-state index contributed by atoms with van der Waals surface area (Å²) in [6, 6.07) is 13.9. The zero-order chi connectivity index (χ0) is 18.4. The molecule has 1 N–H and O–H groups in total. The van der Waals surface area contributed by atoms with Crippen LogP contribution >= 0.6 is 11.8 Å². The molecule has 2 aromatic carbocycles. The van der Waals surface area contributed by atoms with Crippen molar-refractivity contribution in [2.45, 2.75) is 17.3 Å². The van der Waals surface area contributed by atoms with E-state index in [0.29, 0.717) is 18.5 Å². The Labute approximate surface area is 156 Å². The fourth-order valence-electron chi connectivity index (χ4n) is 2.46. The molecule has 3 rings (SSSR count). The highest BCUT2D eigenvalue weighted by atomic mass is 32.2. The molecule has 0 unspecified atom stereocenters. The quantitative estimate of drug-likeness (QED) is 0.644. The van der Waals surface area contributed by atoms with E-state index in [4.69, 9.17) is 0 Å². The number of imidazole rings is 1. The second kappa shape index (κ2) is 8.67. The molecule has 0 saturated heterocycles. The van der Waals surface area contributed by atoms with Gasteiger partial charge in [-0.1, -0.05) is 36.0 Å². The number of benzene rings is 2. The van der Waals surface area contributed by atoms with Crippen LogP contribution in [-0.4, -0.2) is 22.0 Å². The van der Waals surface area contributed by atoms with E-state index in [1.165, 1.54) is 12.1 Å². The monoisotopic (exact) mass is 369 g/mol. The SMILES string of the molecule is Cn1ccnc1SCc1ccc(C(=O)NCCc2ccc(F)cc2)cc1. The number of hydrogen-bond donors (Lipinski definition) is 1. The van der Waals surface area contributed by atoms with Crippen LogP contribution in [-0.2, 0) is 19.2 Å². The van der Waals surface area contributed by atoms with Crippen LogP contribution in [0.15, 0.2) is 66.1 Å².